The summed E-state index contributed by atoms with van der Waals surface area (Å²) in [4.78, 5) is 24.2. The Kier molecular flexibility index (Phi) is 3.84. The predicted octanol–water partition coefficient (Wildman–Crippen LogP) is 2.85. The molecule has 7 nitrogen and oxygen atoms in total. The second-order valence-corrected chi connectivity index (χ2v) is 5.68. The zero-order chi connectivity index (χ0) is 17.3. The Hall–Kier alpha value is -3.09. The number of likely N-dealkylation sites (N-methyl/N-ethyl adjacent to an activating group) is 1. The highest BCUT2D eigenvalue weighted by Gasteiger charge is 2.41. The molecule has 1 aliphatic rings. The van der Waals surface area contributed by atoms with E-state index in [-0.39, 0.29) is 18.2 Å². The number of hydrogen-bond acceptors (Lipinski definition) is 5. The fourth-order valence-electron chi connectivity index (χ4n) is 2.44. The van der Waals surface area contributed by atoms with Crippen LogP contribution in [0.2, 0.25) is 0 Å². The molecule has 2 aromatic rings. The zero-order valence-electron chi connectivity index (χ0n) is 13.3. The molecule has 7 heteroatoms. The molecule has 0 N–H and O–H groups in total. The number of nitrogens with zero attached hydrogens (tertiary/aromatic N) is 2. The molecule has 1 aliphatic heterocycles. The molecule has 0 aromatic heterocycles. The van der Waals surface area contributed by atoms with Crippen molar-refractivity contribution in [2.45, 2.75) is 12.6 Å². The van der Waals surface area contributed by atoms with Crippen LogP contribution in [0.5, 0.6) is 11.5 Å². The lowest BCUT2D eigenvalue weighted by Crippen LogP contribution is -2.58. The third-order valence-electron chi connectivity index (χ3n) is 4.02. The highest BCUT2D eigenvalue weighted by Crippen LogP contribution is 2.33. The van der Waals surface area contributed by atoms with Crippen molar-refractivity contribution in [1.82, 2.24) is 4.90 Å². The number of benzene rings is 2. The van der Waals surface area contributed by atoms with Gasteiger partial charge < -0.3 is 14.4 Å². The number of nitro groups is 1. The Morgan fingerprint density at radius 2 is 1.88 bits per heavy atom. The molecule has 0 aliphatic carbocycles. The molecular weight excluding hydrogens is 312 g/mol. The number of para-hydroxylation sites is 1. The summed E-state index contributed by atoms with van der Waals surface area (Å²) in [6, 6.07) is 12.8. The predicted molar refractivity (Wildman–Crippen MR) is 86.2 cm³/mol. The van der Waals surface area contributed by atoms with Gasteiger partial charge in [-0.1, -0.05) is 12.1 Å². The number of rotatable bonds is 4. The Bertz CT molecular complexity index is 790. The van der Waals surface area contributed by atoms with Crippen molar-refractivity contribution in [3.05, 3.63) is 64.2 Å². The molecule has 1 atom stereocenters. The average molecular weight is 328 g/mol. The van der Waals surface area contributed by atoms with Gasteiger partial charge in [0.1, 0.15) is 18.1 Å². The van der Waals surface area contributed by atoms with Crippen molar-refractivity contribution in [3.63, 3.8) is 0 Å². The van der Waals surface area contributed by atoms with Gasteiger partial charge >= 0.3 is 0 Å². The molecular formula is C17H16N2O5. The fraction of sp³-hybridized carbons (Fsp3) is 0.235. The van der Waals surface area contributed by atoms with Gasteiger partial charge in [-0.05, 0) is 31.2 Å². The second kappa shape index (κ2) is 5.84. The first-order valence-corrected chi connectivity index (χ1v) is 7.34. The van der Waals surface area contributed by atoms with Gasteiger partial charge in [-0.15, -0.1) is 0 Å². The van der Waals surface area contributed by atoms with Crippen molar-refractivity contribution >= 4 is 11.6 Å². The lowest BCUT2D eigenvalue weighted by molar-refractivity contribution is -0.384. The zero-order valence-corrected chi connectivity index (χ0v) is 13.3. The highest BCUT2D eigenvalue weighted by molar-refractivity contribution is 5.98. The van der Waals surface area contributed by atoms with Crippen LogP contribution >= 0.6 is 0 Å². The lowest BCUT2D eigenvalue weighted by atomic mass is 10.1. The third kappa shape index (κ3) is 2.76. The number of non-ortho nitro benzene ring substituents is 1. The molecule has 2 aromatic carbocycles. The summed E-state index contributed by atoms with van der Waals surface area (Å²) < 4.78 is 11.6. The third-order valence-corrected chi connectivity index (χ3v) is 4.02. The van der Waals surface area contributed by atoms with Crippen LogP contribution in [0.1, 0.15) is 17.3 Å². The van der Waals surface area contributed by atoms with Gasteiger partial charge in [-0.2, -0.15) is 0 Å². The van der Waals surface area contributed by atoms with Crippen LogP contribution in [0, 0.1) is 10.1 Å². The first-order valence-electron chi connectivity index (χ1n) is 7.34. The monoisotopic (exact) mass is 328 g/mol. The molecule has 24 heavy (non-hydrogen) atoms. The van der Waals surface area contributed by atoms with E-state index in [0.717, 1.165) is 0 Å². The molecule has 1 heterocycles. The summed E-state index contributed by atoms with van der Waals surface area (Å²) in [5.41, 5.74) is -0.482. The molecule has 0 fully saturated rings. The Balaban J connectivity index is 1.77. The summed E-state index contributed by atoms with van der Waals surface area (Å²) >= 11 is 0. The standard InChI is InChI=1S/C17H16N2O5/c1-17(11-23-13-9-7-12(8-10-13)19(21)22)18(2)16(20)14-5-3-4-6-15(14)24-17/h3-10H,11H2,1-2H3. The SMILES string of the molecule is CN1C(=O)c2ccccc2OC1(C)COc1ccc([N+](=O)[O-])cc1. The maximum Gasteiger partial charge on any atom is 0.269 e. The molecule has 124 valence electrons. The summed E-state index contributed by atoms with van der Waals surface area (Å²) in [6.45, 7) is 1.84. The number of nitro benzene ring substituents is 1. The maximum absolute atomic E-state index is 12.5. The number of ether oxygens (including phenoxy) is 2. The van der Waals surface area contributed by atoms with E-state index in [1.807, 2.05) is 0 Å². The largest absolute Gasteiger partial charge is 0.487 e. The maximum atomic E-state index is 12.5. The van der Waals surface area contributed by atoms with E-state index in [1.165, 1.54) is 29.2 Å². The molecule has 1 unspecified atom stereocenters. The van der Waals surface area contributed by atoms with E-state index < -0.39 is 10.6 Å². The Morgan fingerprint density at radius 1 is 1.21 bits per heavy atom. The van der Waals surface area contributed by atoms with Gasteiger partial charge in [0.25, 0.3) is 11.6 Å². The quantitative estimate of drug-likeness (QED) is 0.637. The van der Waals surface area contributed by atoms with E-state index in [4.69, 9.17) is 9.47 Å². The van der Waals surface area contributed by atoms with Crippen molar-refractivity contribution < 1.29 is 19.2 Å². The van der Waals surface area contributed by atoms with Crippen LogP contribution in [0.3, 0.4) is 0 Å². The molecule has 1 amide bonds. The number of hydrogen-bond donors (Lipinski definition) is 0. The van der Waals surface area contributed by atoms with Gasteiger partial charge in [0.2, 0.25) is 5.72 Å². The lowest BCUT2D eigenvalue weighted by Gasteiger charge is -2.42. The van der Waals surface area contributed by atoms with Crippen LogP contribution in [0.4, 0.5) is 5.69 Å². The highest BCUT2D eigenvalue weighted by atomic mass is 16.6. The minimum absolute atomic E-state index is 0.0105. The van der Waals surface area contributed by atoms with Crippen LogP contribution < -0.4 is 9.47 Å². The topological polar surface area (TPSA) is 81.9 Å². The van der Waals surface area contributed by atoms with Gasteiger partial charge in [0.15, 0.2) is 0 Å². The number of amides is 1. The summed E-state index contributed by atoms with van der Waals surface area (Å²) in [5.74, 6) is 0.826. The van der Waals surface area contributed by atoms with Crippen molar-refractivity contribution in [3.8, 4) is 11.5 Å². The van der Waals surface area contributed by atoms with Gasteiger partial charge in [-0.25, -0.2) is 0 Å². The van der Waals surface area contributed by atoms with Gasteiger partial charge in [0, 0.05) is 19.2 Å². The van der Waals surface area contributed by atoms with Crippen molar-refractivity contribution in [1.29, 1.82) is 0 Å². The van der Waals surface area contributed by atoms with E-state index in [0.29, 0.717) is 17.1 Å². The van der Waals surface area contributed by atoms with Crippen molar-refractivity contribution in [2.24, 2.45) is 0 Å². The van der Waals surface area contributed by atoms with Gasteiger partial charge in [0.05, 0.1) is 10.5 Å². The molecule has 0 radical (unpaired) electrons. The molecule has 3 rings (SSSR count). The van der Waals surface area contributed by atoms with E-state index in [1.54, 1.807) is 38.2 Å². The van der Waals surface area contributed by atoms with Crippen LogP contribution in [0.25, 0.3) is 0 Å². The number of carbonyl (C=O) groups excluding carboxylic acids is 1. The normalized spacial score (nSPS) is 19.4. The molecule has 0 bridgehead atoms. The van der Waals surface area contributed by atoms with Crippen LogP contribution in [-0.4, -0.2) is 35.1 Å². The van der Waals surface area contributed by atoms with E-state index in [9.17, 15) is 14.9 Å². The first kappa shape index (κ1) is 15.8. The smallest absolute Gasteiger partial charge is 0.269 e. The summed E-state index contributed by atoms with van der Waals surface area (Å²) in [7, 11) is 1.65. The molecule has 0 spiro atoms. The molecule has 0 saturated heterocycles. The first-order chi connectivity index (χ1) is 11.4. The van der Waals surface area contributed by atoms with Crippen LogP contribution in [0.15, 0.2) is 48.5 Å². The summed E-state index contributed by atoms with van der Waals surface area (Å²) in [6.07, 6.45) is 0. The van der Waals surface area contributed by atoms with E-state index in [2.05, 4.69) is 0 Å². The second-order valence-electron chi connectivity index (χ2n) is 5.68. The van der Waals surface area contributed by atoms with Crippen molar-refractivity contribution in [2.75, 3.05) is 13.7 Å². The number of fused-ring (bicyclic) bond motifs is 1. The van der Waals surface area contributed by atoms with Gasteiger partial charge in [-0.3, -0.25) is 14.9 Å². The molecule has 0 saturated carbocycles. The van der Waals surface area contributed by atoms with Crippen LogP contribution in [-0.2, 0) is 0 Å². The Labute approximate surface area is 138 Å². The average Bonchev–Trinajstić information content (AvgIpc) is 2.58. The Morgan fingerprint density at radius 3 is 2.54 bits per heavy atom. The summed E-state index contributed by atoms with van der Waals surface area (Å²) in [5, 5.41) is 10.7. The minimum atomic E-state index is -0.979. The number of carbonyl (C=O) groups is 1. The minimum Gasteiger partial charge on any atom is -0.487 e. The van der Waals surface area contributed by atoms with E-state index >= 15 is 0 Å². The fourth-order valence-corrected chi connectivity index (χ4v) is 2.44.